The summed E-state index contributed by atoms with van der Waals surface area (Å²) in [5, 5.41) is 14.2. The molecule has 0 spiro atoms. The molecule has 1 aliphatic heterocycles. The molecule has 4 rings (SSSR count). The third-order valence-electron chi connectivity index (χ3n) is 5.66. The molecule has 0 bridgehead atoms. The molecule has 2 aromatic carbocycles. The summed E-state index contributed by atoms with van der Waals surface area (Å²) in [6, 6.07) is 17.5. The quantitative estimate of drug-likeness (QED) is 0.541. The lowest BCUT2D eigenvalue weighted by molar-refractivity contribution is -0.123. The smallest absolute Gasteiger partial charge is 0.244 e. The van der Waals surface area contributed by atoms with E-state index in [1.807, 2.05) is 28.5 Å². The molecule has 1 N–H and O–H groups in total. The monoisotopic (exact) mass is 498 g/mol. The number of amides is 1. The number of halogens is 1. The Bertz CT molecular complexity index is 1280. The van der Waals surface area contributed by atoms with E-state index in [1.165, 1.54) is 39.9 Å². The number of carbonyl (C=O) groups excluding carboxylic acids is 1. The maximum Gasteiger partial charge on any atom is 0.244 e. The number of nitriles is 1. The van der Waals surface area contributed by atoms with Gasteiger partial charge in [0.05, 0.1) is 23.0 Å². The number of sulfonamides is 1. The number of rotatable bonds is 7. The van der Waals surface area contributed by atoms with Gasteiger partial charge in [-0.3, -0.25) is 9.69 Å². The van der Waals surface area contributed by atoms with Gasteiger partial charge < -0.3 is 5.32 Å². The van der Waals surface area contributed by atoms with Crippen molar-refractivity contribution >= 4 is 27.3 Å². The predicted molar refractivity (Wildman–Crippen MR) is 127 cm³/mol. The van der Waals surface area contributed by atoms with Crippen LogP contribution < -0.4 is 5.32 Å². The normalized spacial score (nSPS) is 16.0. The van der Waals surface area contributed by atoms with Gasteiger partial charge in [0.25, 0.3) is 0 Å². The molecule has 0 unspecified atom stereocenters. The number of hydrogen-bond acceptors (Lipinski definition) is 6. The Balaban J connectivity index is 1.38. The zero-order chi connectivity index (χ0) is 24.1. The van der Waals surface area contributed by atoms with Crippen molar-refractivity contribution in [1.82, 2.24) is 14.5 Å². The van der Waals surface area contributed by atoms with Crippen LogP contribution in [0.2, 0.25) is 0 Å². The maximum atomic E-state index is 13.4. The summed E-state index contributed by atoms with van der Waals surface area (Å²) in [7, 11) is -3.79. The van der Waals surface area contributed by atoms with Crippen molar-refractivity contribution in [2.45, 2.75) is 10.9 Å². The average molecular weight is 499 g/mol. The molecule has 1 saturated heterocycles. The third-order valence-corrected chi connectivity index (χ3v) is 8.55. The Kier molecular flexibility index (Phi) is 7.38. The van der Waals surface area contributed by atoms with Crippen LogP contribution in [0.4, 0.5) is 4.39 Å². The summed E-state index contributed by atoms with van der Waals surface area (Å²) in [4.78, 5) is 15.7. The second kappa shape index (κ2) is 10.4. The fourth-order valence-corrected chi connectivity index (χ4v) is 6.26. The number of carbonyl (C=O) groups is 1. The highest BCUT2D eigenvalue weighted by Crippen LogP contribution is 2.26. The molecule has 1 amide bonds. The van der Waals surface area contributed by atoms with E-state index in [0.29, 0.717) is 13.1 Å². The van der Waals surface area contributed by atoms with Gasteiger partial charge in [-0.15, -0.1) is 11.3 Å². The van der Waals surface area contributed by atoms with E-state index in [4.69, 9.17) is 0 Å². The molecule has 2 heterocycles. The standard InChI is InChI=1S/C24H23FN4O3S2/c25-20-9-7-18(8-10-20)24(21-5-3-15-33-21)27-23(30)17-28-11-13-29(14-12-28)34(31,32)22-6-2-1-4-19(22)16-26/h1-10,15,24H,11-14,17H2,(H,27,30)/t24-/m0/s1. The Morgan fingerprint density at radius 3 is 2.41 bits per heavy atom. The van der Waals surface area contributed by atoms with Gasteiger partial charge in [-0.25, -0.2) is 12.8 Å². The minimum atomic E-state index is -3.79. The van der Waals surface area contributed by atoms with Crippen molar-refractivity contribution in [2.75, 3.05) is 32.7 Å². The van der Waals surface area contributed by atoms with E-state index < -0.39 is 16.1 Å². The SMILES string of the molecule is N#Cc1ccccc1S(=O)(=O)N1CCN(CC(=O)N[C@@H](c2ccc(F)cc2)c2cccs2)CC1. The van der Waals surface area contributed by atoms with Crippen LogP contribution in [0.25, 0.3) is 0 Å². The Morgan fingerprint density at radius 1 is 1.06 bits per heavy atom. The fourth-order valence-electron chi connectivity index (χ4n) is 3.89. The molecule has 0 saturated carbocycles. The van der Waals surface area contributed by atoms with Crippen LogP contribution >= 0.6 is 11.3 Å². The first-order valence-corrected chi connectivity index (χ1v) is 13.0. The Labute approximate surface area is 202 Å². The lowest BCUT2D eigenvalue weighted by Crippen LogP contribution is -2.51. The molecule has 1 fully saturated rings. The number of benzene rings is 2. The van der Waals surface area contributed by atoms with Gasteiger partial charge in [0.15, 0.2) is 0 Å². The highest BCUT2D eigenvalue weighted by molar-refractivity contribution is 7.89. The van der Waals surface area contributed by atoms with Gasteiger partial charge >= 0.3 is 0 Å². The summed E-state index contributed by atoms with van der Waals surface area (Å²) >= 11 is 1.50. The molecule has 34 heavy (non-hydrogen) atoms. The van der Waals surface area contributed by atoms with E-state index in [1.54, 1.807) is 24.3 Å². The summed E-state index contributed by atoms with van der Waals surface area (Å²) in [6.45, 7) is 1.35. The van der Waals surface area contributed by atoms with E-state index in [2.05, 4.69) is 5.32 Å². The van der Waals surface area contributed by atoms with E-state index in [0.717, 1.165) is 10.4 Å². The number of nitrogens with zero attached hydrogens (tertiary/aromatic N) is 3. The van der Waals surface area contributed by atoms with E-state index in [9.17, 15) is 22.9 Å². The highest BCUT2D eigenvalue weighted by Gasteiger charge is 2.31. The number of thiophene rings is 1. The topological polar surface area (TPSA) is 93.5 Å². The molecule has 0 aliphatic carbocycles. The molecule has 3 aromatic rings. The molecule has 10 heteroatoms. The number of piperazine rings is 1. The average Bonchev–Trinajstić information content (AvgIpc) is 3.38. The number of nitrogens with one attached hydrogen (secondary N) is 1. The Morgan fingerprint density at radius 2 is 1.76 bits per heavy atom. The first kappa shape index (κ1) is 24.0. The second-order valence-corrected chi connectivity index (χ2v) is 10.7. The first-order chi connectivity index (χ1) is 16.4. The van der Waals surface area contributed by atoms with Gasteiger partial charge in [0.1, 0.15) is 11.9 Å². The van der Waals surface area contributed by atoms with E-state index in [-0.39, 0.29) is 41.8 Å². The highest BCUT2D eigenvalue weighted by atomic mass is 32.2. The van der Waals surface area contributed by atoms with Crippen LogP contribution in [0.1, 0.15) is 22.0 Å². The zero-order valence-electron chi connectivity index (χ0n) is 18.2. The van der Waals surface area contributed by atoms with Crippen molar-refractivity contribution in [3.8, 4) is 6.07 Å². The van der Waals surface area contributed by atoms with Gasteiger partial charge in [0, 0.05) is 31.1 Å². The molecular weight excluding hydrogens is 475 g/mol. The largest absolute Gasteiger partial charge is 0.343 e. The van der Waals surface area contributed by atoms with Crippen LogP contribution in [0.5, 0.6) is 0 Å². The van der Waals surface area contributed by atoms with Crippen molar-refractivity contribution in [3.63, 3.8) is 0 Å². The molecule has 1 aliphatic rings. The van der Waals surface area contributed by atoms with Crippen LogP contribution in [0.3, 0.4) is 0 Å². The molecule has 1 atom stereocenters. The number of hydrogen-bond donors (Lipinski definition) is 1. The summed E-state index contributed by atoms with van der Waals surface area (Å²) in [5.74, 6) is -0.543. The predicted octanol–water partition coefficient (Wildman–Crippen LogP) is 2.97. The van der Waals surface area contributed by atoms with Crippen LogP contribution in [-0.2, 0) is 14.8 Å². The first-order valence-electron chi connectivity index (χ1n) is 10.7. The van der Waals surface area contributed by atoms with Crippen molar-refractivity contribution < 1.29 is 17.6 Å². The summed E-state index contributed by atoms with van der Waals surface area (Å²) in [5.41, 5.74) is 0.897. The van der Waals surface area contributed by atoms with Crippen molar-refractivity contribution in [1.29, 1.82) is 5.26 Å². The van der Waals surface area contributed by atoms with Crippen LogP contribution in [-0.4, -0.2) is 56.3 Å². The van der Waals surface area contributed by atoms with Crippen molar-refractivity contribution in [3.05, 3.63) is 87.9 Å². The minimum absolute atomic E-state index is 0.00165. The van der Waals surface area contributed by atoms with Crippen molar-refractivity contribution in [2.24, 2.45) is 0 Å². The fraction of sp³-hybridized carbons (Fsp3) is 0.250. The lowest BCUT2D eigenvalue weighted by Gasteiger charge is -2.34. The van der Waals surface area contributed by atoms with Crippen LogP contribution in [0, 0.1) is 17.1 Å². The maximum absolute atomic E-state index is 13.4. The third kappa shape index (κ3) is 5.34. The molecular formula is C24H23FN4O3S2. The second-order valence-electron chi connectivity index (χ2n) is 7.86. The summed E-state index contributed by atoms with van der Waals surface area (Å²) in [6.07, 6.45) is 0. The molecule has 0 radical (unpaired) electrons. The van der Waals surface area contributed by atoms with Gasteiger partial charge in [0.2, 0.25) is 15.9 Å². The van der Waals surface area contributed by atoms with Gasteiger partial charge in [-0.05, 0) is 41.3 Å². The van der Waals surface area contributed by atoms with E-state index >= 15 is 0 Å². The minimum Gasteiger partial charge on any atom is -0.343 e. The van der Waals surface area contributed by atoms with Gasteiger partial charge in [-0.1, -0.05) is 30.3 Å². The molecule has 1 aromatic heterocycles. The van der Waals surface area contributed by atoms with Gasteiger partial charge in [-0.2, -0.15) is 9.57 Å². The zero-order valence-corrected chi connectivity index (χ0v) is 19.9. The lowest BCUT2D eigenvalue weighted by atomic mass is 10.1. The Hall–Kier alpha value is -3.10. The molecule has 7 nitrogen and oxygen atoms in total. The van der Waals surface area contributed by atoms with Crippen LogP contribution in [0.15, 0.2) is 70.9 Å². The molecule has 176 valence electrons. The summed E-state index contributed by atoms with van der Waals surface area (Å²) < 4.78 is 40.7.